The number of anilines is 2. The number of hydrogen-bond donors (Lipinski definition) is 2. The highest BCUT2D eigenvalue weighted by Crippen LogP contribution is 2.31. The van der Waals surface area contributed by atoms with Crippen molar-refractivity contribution in [2.45, 2.75) is 59.3 Å². The number of hydrogen-bond acceptors (Lipinski definition) is 3. The highest BCUT2D eigenvalue weighted by atomic mass is 16.5. The zero-order chi connectivity index (χ0) is 21.4. The molecule has 0 aliphatic carbocycles. The summed E-state index contributed by atoms with van der Waals surface area (Å²) >= 11 is 0. The van der Waals surface area contributed by atoms with Gasteiger partial charge in [0.25, 0.3) is 0 Å². The molecule has 0 bridgehead atoms. The summed E-state index contributed by atoms with van der Waals surface area (Å²) in [5.41, 5.74) is 3.57. The van der Waals surface area contributed by atoms with E-state index in [1.165, 1.54) is 0 Å². The molecule has 0 saturated carbocycles. The maximum Gasteiger partial charge on any atom is 0.224 e. The van der Waals surface area contributed by atoms with E-state index in [2.05, 4.69) is 31.4 Å². The molecule has 2 N–H and O–H groups in total. The van der Waals surface area contributed by atoms with Gasteiger partial charge in [0.2, 0.25) is 11.8 Å². The third kappa shape index (κ3) is 6.63. The van der Waals surface area contributed by atoms with Gasteiger partial charge in [-0.2, -0.15) is 0 Å². The molecule has 2 amide bonds. The minimum Gasteiger partial charge on any atom is -0.492 e. The van der Waals surface area contributed by atoms with Gasteiger partial charge in [-0.1, -0.05) is 52.0 Å². The van der Waals surface area contributed by atoms with E-state index in [-0.39, 0.29) is 30.1 Å². The molecule has 0 fully saturated rings. The summed E-state index contributed by atoms with van der Waals surface area (Å²) in [5, 5.41) is 5.80. The molecule has 156 valence electrons. The molecule has 0 saturated heterocycles. The van der Waals surface area contributed by atoms with Crippen LogP contribution in [0.1, 0.15) is 58.6 Å². The van der Waals surface area contributed by atoms with Crippen LogP contribution in [-0.2, 0) is 21.4 Å². The Bertz CT molecular complexity index is 853. The quantitative estimate of drug-likeness (QED) is 0.636. The third-order valence-electron chi connectivity index (χ3n) is 4.67. The van der Waals surface area contributed by atoms with Gasteiger partial charge in [0, 0.05) is 18.5 Å². The number of benzene rings is 2. The molecular formula is C24H32N2O3. The van der Waals surface area contributed by atoms with Crippen molar-refractivity contribution in [1.82, 2.24) is 0 Å². The molecule has 0 heterocycles. The maximum atomic E-state index is 12.5. The molecule has 5 nitrogen and oxygen atoms in total. The average molecular weight is 397 g/mol. The molecule has 0 unspecified atom stereocenters. The molecule has 0 spiro atoms. The zero-order valence-electron chi connectivity index (χ0n) is 18.1. The van der Waals surface area contributed by atoms with Crippen LogP contribution in [0, 0.1) is 0 Å². The van der Waals surface area contributed by atoms with Crippen molar-refractivity contribution >= 4 is 23.2 Å². The smallest absolute Gasteiger partial charge is 0.224 e. The molecular weight excluding hydrogens is 364 g/mol. The standard InChI is InChI=1S/C24H32N2O3/c1-6-17-10-8-9-11-19(17)25-22(27)14-15-23(28)26-20-16-18(24(3,4)5)12-13-21(20)29-7-2/h8-13,16H,6-7,14-15H2,1-5H3,(H,25,27)(H,26,28). The van der Waals surface area contributed by atoms with Crippen molar-refractivity contribution in [2.24, 2.45) is 0 Å². The number of carbonyl (C=O) groups excluding carboxylic acids is 2. The molecule has 0 atom stereocenters. The van der Waals surface area contributed by atoms with Gasteiger partial charge in [-0.05, 0) is 48.1 Å². The zero-order valence-corrected chi connectivity index (χ0v) is 18.1. The number of aryl methyl sites for hydroxylation is 1. The highest BCUT2D eigenvalue weighted by molar-refractivity contribution is 5.97. The van der Waals surface area contributed by atoms with E-state index in [1.54, 1.807) is 0 Å². The average Bonchev–Trinajstić information content (AvgIpc) is 2.67. The normalized spacial score (nSPS) is 11.1. The SMILES string of the molecule is CCOc1ccc(C(C)(C)C)cc1NC(=O)CCC(=O)Nc1ccccc1CC. The topological polar surface area (TPSA) is 67.4 Å². The molecule has 2 aromatic carbocycles. The second kappa shape index (κ2) is 10.1. The van der Waals surface area contributed by atoms with Crippen LogP contribution in [-0.4, -0.2) is 18.4 Å². The van der Waals surface area contributed by atoms with Crippen LogP contribution >= 0.6 is 0 Å². The van der Waals surface area contributed by atoms with Crippen LogP contribution < -0.4 is 15.4 Å². The van der Waals surface area contributed by atoms with Gasteiger partial charge in [0.05, 0.1) is 12.3 Å². The van der Waals surface area contributed by atoms with Crippen molar-refractivity contribution < 1.29 is 14.3 Å². The molecule has 2 aromatic rings. The van der Waals surface area contributed by atoms with Crippen LogP contribution in [0.2, 0.25) is 0 Å². The summed E-state index contributed by atoms with van der Waals surface area (Å²) in [6.45, 7) is 10.8. The molecule has 5 heteroatoms. The molecule has 0 radical (unpaired) electrons. The van der Waals surface area contributed by atoms with Crippen molar-refractivity contribution in [3.63, 3.8) is 0 Å². The Labute approximate surface area is 173 Å². The number of carbonyl (C=O) groups is 2. The first-order chi connectivity index (χ1) is 13.7. The second-order valence-electron chi connectivity index (χ2n) is 8.00. The Balaban J connectivity index is 2.00. The van der Waals surface area contributed by atoms with Crippen LogP contribution in [0.25, 0.3) is 0 Å². The summed E-state index contributed by atoms with van der Waals surface area (Å²) in [6, 6.07) is 13.5. The van der Waals surface area contributed by atoms with Crippen LogP contribution in [0.5, 0.6) is 5.75 Å². The van der Waals surface area contributed by atoms with Crippen molar-refractivity contribution in [1.29, 1.82) is 0 Å². The Kier molecular flexibility index (Phi) is 7.82. The summed E-state index contributed by atoms with van der Waals surface area (Å²) in [5.74, 6) is 0.251. The summed E-state index contributed by atoms with van der Waals surface area (Å²) in [6.07, 6.45) is 1.06. The molecule has 29 heavy (non-hydrogen) atoms. The van der Waals surface area contributed by atoms with Crippen LogP contribution in [0.3, 0.4) is 0 Å². The molecule has 2 rings (SSSR count). The first-order valence-corrected chi connectivity index (χ1v) is 10.2. The lowest BCUT2D eigenvalue weighted by atomic mass is 9.87. The lowest BCUT2D eigenvalue weighted by Gasteiger charge is -2.21. The van der Waals surface area contributed by atoms with E-state index < -0.39 is 0 Å². The van der Waals surface area contributed by atoms with E-state index in [0.29, 0.717) is 18.0 Å². The minimum absolute atomic E-state index is 0.0449. The Morgan fingerprint density at radius 1 is 0.897 bits per heavy atom. The van der Waals surface area contributed by atoms with Gasteiger partial charge in [-0.15, -0.1) is 0 Å². The number of nitrogens with one attached hydrogen (secondary N) is 2. The Morgan fingerprint density at radius 2 is 1.52 bits per heavy atom. The van der Waals surface area contributed by atoms with Gasteiger partial charge < -0.3 is 15.4 Å². The van der Waals surface area contributed by atoms with Gasteiger partial charge in [-0.3, -0.25) is 9.59 Å². The third-order valence-corrected chi connectivity index (χ3v) is 4.67. The van der Waals surface area contributed by atoms with E-state index in [1.807, 2.05) is 56.3 Å². The van der Waals surface area contributed by atoms with Gasteiger partial charge in [0.1, 0.15) is 5.75 Å². The van der Waals surface area contributed by atoms with Gasteiger partial charge >= 0.3 is 0 Å². The van der Waals surface area contributed by atoms with Crippen molar-refractivity contribution in [3.05, 3.63) is 53.6 Å². The maximum absolute atomic E-state index is 12.5. The van der Waals surface area contributed by atoms with Crippen molar-refractivity contribution in [3.8, 4) is 5.75 Å². The van der Waals surface area contributed by atoms with Crippen molar-refractivity contribution in [2.75, 3.05) is 17.2 Å². The Hall–Kier alpha value is -2.82. The van der Waals surface area contributed by atoms with Gasteiger partial charge in [0.15, 0.2) is 0 Å². The second-order valence-corrected chi connectivity index (χ2v) is 8.00. The fraction of sp³-hybridized carbons (Fsp3) is 0.417. The van der Waals surface area contributed by atoms with E-state index in [9.17, 15) is 9.59 Å². The number of ether oxygens (including phenoxy) is 1. The monoisotopic (exact) mass is 396 g/mol. The van der Waals surface area contributed by atoms with Crippen LogP contribution in [0.4, 0.5) is 11.4 Å². The minimum atomic E-state index is -0.212. The molecule has 0 aliphatic heterocycles. The number of rotatable bonds is 8. The van der Waals surface area contributed by atoms with E-state index in [4.69, 9.17) is 4.74 Å². The van der Waals surface area contributed by atoms with Crippen LogP contribution in [0.15, 0.2) is 42.5 Å². The Morgan fingerprint density at radius 3 is 2.10 bits per heavy atom. The van der Waals surface area contributed by atoms with Gasteiger partial charge in [-0.25, -0.2) is 0 Å². The largest absolute Gasteiger partial charge is 0.492 e. The molecule has 0 aromatic heterocycles. The predicted molar refractivity (Wildman–Crippen MR) is 119 cm³/mol. The fourth-order valence-electron chi connectivity index (χ4n) is 2.98. The van der Waals surface area contributed by atoms with E-state index >= 15 is 0 Å². The summed E-state index contributed by atoms with van der Waals surface area (Å²) in [7, 11) is 0. The summed E-state index contributed by atoms with van der Waals surface area (Å²) < 4.78 is 5.64. The lowest BCUT2D eigenvalue weighted by Crippen LogP contribution is -2.19. The number of para-hydroxylation sites is 1. The molecule has 0 aliphatic rings. The first kappa shape index (κ1) is 22.5. The summed E-state index contributed by atoms with van der Waals surface area (Å²) in [4.78, 5) is 24.7. The lowest BCUT2D eigenvalue weighted by molar-refractivity contribution is -0.121. The van der Waals surface area contributed by atoms with E-state index in [0.717, 1.165) is 23.2 Å². The highest BCUT2D eigenvalue weighted by Gasteiger charge is 2.17. The first-order valence-electron chi connectivity index (χ1n) is 10.2. The fourth-order valence-corrected chi connectivity index (χ4v) is 2.98. The number of amides is 2. The predicted octanol–water partition coefficient (Wildman–Crippen LogP) is 5.30.